The Hall–Kier alpha value is -2.20. The van der Waals surface area contributed by atoms with Crippen LogP contribution in [0, 0.1) is 12.7 Å². The summed E-state index contributed by atoms with van der Waals surface area (Å²) in [6.07, 6.45) is 0. The molecule has 0 saturated heterocycles. The second kappa shape index (κ2) is 6.50. The first-order valence-electron chi connectivity index (χ1n) is 6.71. The zero-order valence-corrected chi connectivity index (χ0v) is 12.1. The van der Waals surface area contributed by atoms with E-state index >= 15 is 0 Å². The Bertz CT molecular complexity index is 638. The lowest BCUT2D eigenvalue weighted by molar-refractivity contribution is 0.0692. The molecule has 1 N–H and O–H groups in total. The first-order valence-corrected chi connectivity index (χ1v) is 6.71. The Kier molecular flexibility index (Phi) is 4.70. The minimum Gasteiger partial charge on any atom is -0.478 e. The van der Waals surface area contributed by atoms with Gasteiger partial charge >= 0.3 is 5.97 Å². The van der Waals surface area contributed by atoms with Gasteiger partial charge < -0.3 is 5.11 Å². The maximum atomic E-state index is 13.6. The highest BCUT2D eigenvalue weighted by Gasteiger charge is 2.11. The molecule has 0 saturated carbocycles. The standard InChI is InChI=1S/C17H18FNO2/c1-12-3-5-13(6-4-12)10-19(2)11-14-7-8-15(17(20)21)16(18)9-14/h3-9H,10-11H2,1-2H3,(H,20,21). The third-order valence-electron chi connectivity index (χ3n) is 3.29. The van der Waals surface area contributed by atoms with Gasteiger partial charge in [-0.05, 0) is 37.2 Å². The predicted octanol–water partition coefficient (Wildman–Crippen LogP) is 3.46. The molecule has 2 aromatic rings. The lowest BCUT2D eigenvalue weighted by atomic mass is 10.1. The van der Waals surface area contributed by atoms with Gasteiger partial charge in [0.25, 0.3) is 0 Å². The molecule has 0 aliphatic heterocycles. The molecule has 0 amide bonds. The molecule has 2 aromatic carbocycles. The number of aromatic carboxylic acids is 1. The summed E-state index contributed by atoms with van der Waals surface area (Å²) in [4.78, 5) is 12.8. The summed E-state index contributed by atoms with van der Waals surface area (Å²) in [6.45, 7) is 3.35. The van der Waals surface area contributed by atoms with Crippen molar-refractivity contribution in [3.05, 3.63) is 70.5 Å². The molecule has 2 rings (SSSR count). The van der Waals surface area contributed by atoms with E-state index in [9.17, 15) is 9.18 Å². The average molecular weight is 287 g/mol. The summed E-state index contributed by atoms with van der Waals surface area (Å²) in [7, 11) is 1.95. The third-order valence-corrected chi connectivity index (χ3v) is 3.29. The number of hydrogen-bond acceptors (Lipinski definition) is 2. The number of rotatable bonds is 5. The van der Waals surface area contributed by atoms with Crippen LogP contribution in [0.2, 0.25) is 0 Å². The van der Waals surface area contributed by atoms with E-state index in [0.29, 0.717) is 6.54 Å². The summed E-state index contributed by atoms with van der Waals surface area (Å²) in [5.74, 6) is -1.93. The van der Waals surface area contributed by atoms with Gasteiger partial charge in [-0.15, -0.1) is 0 Å². The van der Waals surface area contributed by atoms with E-state index in [2.05, 4.69) is 29.2 Å². The fourth-order valence-corrected chi connectivity index (χ4v) is 2.20. The van der Waals surface area contributed by atoms with E-state index in [-0.39, 0.29) is 5.56 Å². The van der Waals surface area contributed by atoms with E-state index in [4.69, 9.17) is 5.11 Å². The first-order chi connectivity index (χ1) is 9.95. The molecule has 0 spiro atoms. The van der Waals surface area contributed by atoms with Gasteiger partial charge in [-0.2, -0.15) is 0 Å². The van der Waals surface area contributed by atoms with Gasteiger partial charge in [0.2, 0.25) is 0 Å². The van der Waals surface area contributed by atoms with Gasteiger partial charge in [0.15, 0.2) is 0 Å². The lowest BCUT2D eigenvalue weighted by Crippen LogP contribution is -2.17. The summed E-state index contributed by atoms with van der Waals surface area (Å²) >= 11 is 0. The molecule has 0 atom stereocenters. The number of carboxylic acids is 1. The molecule has 21 heavy (non-hydrogen) atoms. The molecule has 0 aliphatic rings. The predicted molar refractivity (Wildman–Crippen MR) is 79.7 cm³/mol. The highest BCUT2D eigenvalue weighted by atomic mass is 19.1. The van der Waals surface area contributed by atoms with E-state index in [0.717, 1.165) is 12.1 Å². The van der Waals surface area contributed by atoms with E-state index in [1.807, 2.05) is 14.0 Å². The summed E-state index contributed by atoms with van der Waals surface area (Å²) in [5.41, 5.74) is 2.87. The van der Waals surface area contributed by atoms with Gasteiger partial charge in [-0.3, -0.25) is 4.90 Å². The number of aryl methyl sites for hydroxylation is 1. The van der Waals surface area contributed by atoms with Crippen LogP contribution in [-0.2, 0) is 13.1 Å². The third kappa shape index (κ3) is 4.13. The van der Waals surface area contributed by atoms with Gasteiger partial charge in [0.1, 0.15) is 5.82 Å². The largest absolute Gasteiger partial charge is 0.478 e. The topological polar surface area (TPSA) is 40.5 Å². The molecule has 0 unspecified atom stereocenters. The van der Waals surface area contributed by atoms with Gasteiger partial charge in [-0.1, -0.05) is 35.9 Å². The maximum Gasteiger partial charge on any atom is 0.338 e. The van der Waals surface area contributed by atoms with Crippen molar-refractivity contribution in [3.8, 4) is 0 Å². The van der Waals surface area contributed by atoms with Crippen molar-refractivity contribution in [1.82, 2.24) is 4.90 Å². The number of hydrogen-bond donors (Lipinski definition) is 1. The highest BCUT2D eigenvalue weighted by Crippen LogP contribution is 2.13. The zero-order valence-electron chi connectivity index (χ0n) is 12.1. The minimum absolute atomic E-state index is 0.292. The Morgan fingerprint density at radius 2 is 1.67 bits per heavy atom. The molecule has 0 fully saturated rings. The molecule has 110 valence electrons. The number of nitrogens with zero attached hydrogens (tertiary/aromatic N) is 1. The lowest BCUT2D eigenvalue weighted by Gasteiger charge is -2.17. The van der Waals surface area contributed by atoms with Crippen LogP contribution in [0.25, 0.3) is 0 Å². The SMILES string of the molecule is Cc1ccc(CN(C)Cc2ccc(C(=O)O)c(F)c2)cc1. The average Bonchev–Trinajstić information content (AvgIpc) is 2.41. The zero-order chi connectivity index (χ0) is 15.4. The number of benzene rings is 2. The van der Waals surface area contributed by atoms with Crippen LogP contribution < -0.4 is 0 Å². The van der Waals surface area contributed by atoms with Crippen LogP contribution in [0.3, 0.4) is 0 Å². The van der Waals surface area contributed by atoms with Crippen LogP contribution in [0.4, 0.5) is 4.39 Å². The molecule has 4 heteroatoms. The monoisotopic (exact) mass is 287 g/mol. The van der Waals surface area contributed by atoms with Crippen LogP contribution >= 0.6 is 0 Å². The quantitative estimate of drug-likeness (QED) is 0.915. The molecule has 0 aliphatic carbocycles. The van der Waals surface area contributed by atoms with Gasteiger partial charge in [-0.25, -0.2) is 9.18 Å². The van der Waals surface area contributed by atoms with Gasteiger partial charge in [0, 0.05) is 13.1 Å². The molecular formula is C17H18FNO2. The fourth-order valence-electron chi connectivity index (χ4n) is 2.20. The summed E-state index contributed by atoms with van der Waals surface area (Å²) < 4.78 is 13.6. The molecule has 0 heterocycles. The molecule has 0 bridgehead atoms. The van der Waals surface area contributed by atoms with E-state index in [1.165, 1.54) is 23.3 Å². The number of carbonyl (C=O) groups is 1. The van der Waals surface area contributed by atoms with E-state index < -0.39 is 11.8 Å². The van der Waals surface area contributed by atoms with Crippen molar-refractivity contribution in [2.75, 3.05) is 7.05 Å². The van der Waals surface area contributed by atoms with Crippen molar-refractivity contribution >= 4 is 5.97 Å². The Morgan fingerprint density at radius 3 is 2.24 bits per heavy atom. The molecular weight excluding hydrogens is 269 g/mol. The smallest absolute Gasteiger partial charge is 0.338 e. The molecule has 3 nitrogen and oxygen atoms in total. The van der Waals surface area contributed by atoms with Crippen LogP contribution in [-0.4, -0.2) is 23.0 Å². The van der Waals surface area contributed by atoms with E-state index in [1.54, 1.807) is 6.07 Å². The van der Waals surface area contributed by atoms with Crippen LogP contribution in [0.1, 0.15) is 27.0 Å². The first kappa shape index (κ1) is 15.2. The Balaban J connectivity index is 2.02. The van der Waals surface area contributed by atoms with Crippen molar-refractivity contribution in [2.45, 2.75) is 20.0 Å². The Labute approximate surface area is 123 Å². The van der Waals surface area contributed by atoms with Gasteiger partial charge in [0.05, 0.1) is 5.56 Å². The normalized spacial score (nSPS) is 10.9. The minimum atomic E-state index is -1.24. The second-order valence-corrected chi connectivity index (χ2v) is 5.28. The molecule has 0 radical (unpaired) electrons. The van der Waals surface area contributed by atoms with Crippen molar-refractivity contribution in [2.24, 2.45) is 0 Å². The number of carboxylic acid groups (broad SMARTS) is 1. The highest BCUT2D eigenvalue weighted by molar-refractivity contribution is 5.87. The van der Waals surface area contributed by atoms with Crippen molar-refractivity contribution in [3.63, 3.8) is 0 Å². The summed E-state index contributed by atoms with van der Waals surface area (Å²) in [5, 5.41) is 8.81. The maximum absolute atomic E-state index is 13.6. The Morgan fingerprint density at radius 1 is 1.10 bits per heavy atom. The second-order valence-electron chi connectivity index (χ2n) is 5.28. The fraction of sp³-hybridized carbons (Fsp3) is 0.235. The van der Waals surface area contributed by atoms with Crippen LogP contribution in [0.15, 0.2) is 42.5 Å². The van der Waals surface area contributed by atoms with Crippen molar-refractivity contribution in [1.29, 1.82) is 0 Å². The van der Waals surface area contributed by atoms with Crippen LogP contribution in [0.5, 0.6) is 0 Å². The molecule has 0 aromatic heterocycles. The summed E-state index contributed by atoms with van der Waals surface area (Å²) in [6, 6.07) is 12.5. The van der Waals surface area contributed by atoms with Crippen molar-refractivity contribution < 1.29 is 14.3 Å². The number of halogens is 1.